The van der Waals surface area contributed by atoms with Crippen molar-refractivity contribution >= 4 is 11.3 Å². The molecule has 3 heterocycles. The number of thiophene rings is 1. The zero-order valence-corrected chi connectivity index (χ0v) is 26.4. The van der Waals surface area contributed by atoms with Crippen molar-refractivity contribution in [3.63, 3.8) is 0 Å². The minimum Gasteiger partial charge on any atom is -0.314 e. The number of rotatable bonds is 12. The summed E-state index contributed by atoms with van der Waals surface area (Å²) in [6.07, 6.45) is 6.12. The maximum atomic E-state index is 4.19. The second kappa shape index (κ2) is 21.5. The number of likely N-dealkylation sites (tertiary alicyclic amines) is 1. The first-order valence-corrected chi connectivity index (χ1v) is 15.6. The predicted octanol–water partition coefficient (Wildman–Crippen LogP) is 5.87. The van der Waals surface area contributed by atoms with E-state index >= 15 is 0 Å². The summed E-state index contributed by atoms with van der Waals surface area (Å²) in [5.74, 6) is 1.03. The molecule has 218 valence electrons. The maximum absolute atomic E-state index is 4.19. The SMILES string of the molecule is CC(C)NCC1CC1.CC(C)NCN1CCC1.CC(C)NCc1ccccn1.CC(C)NCc1cccs1. The second-order valence-corrected chi connectivity index (χ2v) is 12.5. The van der Waals surface area contributed by atoms with Gasteiger partial charge in [-0.25, -0.2) is 0 Å². The van der Waals surface area contributed by atoms with E-state index in [9.17, 15) is 0 Å². The van der Waals surface area contributed by atoms with E-state index in [0.29, 0.717) is 24.2 Å². The van der Waals surface area contributed by atoms with Gasteiger partial charge in [0.15, 0.2) is 0 Å². The Morgan fingerprint density at radius 3 is 1.87 bits per heavy atom. The zero-order chi connectivity index (χ0) is 28.2. The van der Waals surface area contributed by atoms with Gasteiger partial charge >= 0.3 is 0 Å². The van der Waals surface area contributed by atoms with Crippen LogP contribution in [0, 0.1) is 5.92 Å². The first-order valence-electron chi connectivity index (χ1n) is 14.7. The molecule has 2 aromatic rings. The molecule has 6 nitrogen and oxygen atoms in total. The van der Waals surface area contributed by atoms with Gasteiger partial charge in [0, 0.05) is 68.1 Å². The van der Waals surface area contributed by atoms with E-state index in [1.807, 2.05) is 24.4 Å². The van der Waals surface area contributed by atoms with Gasteiger partial charge in [-0.15, -0.1) is 11.3 Å². The Balaban J connectivity index is 0.000000255. The highest BCUT2D eigenvalue weighted by molar-refractivity contribution is 7.09. The second-order valence-electron chi connectivity index (χ2n) is 11.5. The summed E-state index contributed by atoms with van der Waals surface area (Å²) >= 11 is 1.80. The molecule has 2 aliphatic rings. The molecule has 0 amide bonds. The van der Waals surface area contributed by atoms with Crippen LogP contribution in [0.1, 0.15) is 85.2 Å². The highest BCUT2D eigenvalue weighted by atomic mass is 32.1. The minimum atomic E-state index is 0.525. The molecule has 0 radical (unpaired) electrons. The summed E-state index contributed by atoms with van der Waals surface area (Å²) in [4.78, 5) is 8.02. The third-order valence-corrected chi connectivity index (χ3v) is 6.74. The molecule has 0 bridgehead atoms. The highest BCUT2D eigenvalue weighted by Crippen LogP contribution is 2.27. The van der Waals surface area contributed by atoms with E-state index in [1.165, 1.54) is 43.8 Å². The Kier molecular flexibility index (Phi) is 19.6. The maximum Gasteiger partial charge on any atom is 0.0541 e. The van der Waals surface area contributed by atoms with Crippen molar-refractivity contribution in [2.75, 3.05) is 26.3 Å². The van der Waals surface area contributed by atoms with Crippen LogP contribution in [0.25, 0.3) is 0 Å². The summed E-state index contributed by atoms with van der Waals surface area (Å²) in [7, 11) is 0. The first-order chi connectivity index (χ1) is 18.2. The fourth-order valence-corrected chi connectivity index (χ4v) is 3.76. The summed E-state index contributed by atoms with van der Waals surface area (Å²) in [5.41, 5.74) is 1.10. The van der Waals surface area contributed by atoms with Gasteiger partial charge in [0.1, 0.15) is 0 Å². The van der Waals surface area contributed by atoms with Gasteiger partial charge in [-0.2, -0.15) is 0 Å². The number of nitrogens with zero attached hydrogens (tertiary/aromatic N) is 2. The third kappa shape index (κ3) is 21.6. The van der Waals surface area contributed by atoms with Crippen molar-refractivity contribution in [1.29, 1.82) is 0 Å². The number of aromatic nitrogens is 1. The molecule has 4 rings (SSSR count). The quantitative estimate of drug-likeness (QED) is 0.267. The van der Waals surface area contributed by atoms with Gasteiger partial charge in [-0.3, -0.25) is 9.88 Å². The molecule has 7 heteroatoms. The molecule has 0 atom stereocenters. The predicted molar refractivity (Wildman–Crippen MR) is 168 cm³/mol. The Bertz CT molecular complexity index is 754. The Hall–Kier alpha value is -1.35. The van der Waals surface area contributed by atoms with Crippen molar-refractivity contribution < 1.29 is 0 Å². The van der Waals surface area contributed by atoms with Crippen molar-refractivity contribution in [3.05, 3.63) is 52.5 Å². The van der Waals surface area contributed by atoms with Crippen molar-refractivity contribution in [2.45, 2.75) is 112 Å². The summed E-state index contributed by atoms with van der Waals surface area (Å²) in [6.45, 7) is 24.1. The lowest BCUT2D eigenvalue weighted by atomic mass is 10.2. The third-order valence-electron chi connectivity index (χ3n) is 5.87. The van der Waals surface area contributed by atoms with E-state index in [-0.39, 0.29) is 0 Å². The molecule has 1 saturated carbocycles. The van der Waals surface area contributed by atoms with Crippen LogP contribution in [0.15, 0.2) is 41.9 Å². The zero-order valence-electron chi connectivity index (χ0n) is 25.6. The minimum absolute atomic E-state index is 0.525. The van der Waals surface area contributed by atoms with Gasteiger partial charge in [-0.05, 0) is 69.2 Å². The molecule has 0 spiro atoms. The molecule has 2 aromatic heterocycles. The molecule has 1 aliphatic carbocycles. The lowest BCUT2D eigenvalue weighted by Crippen LogP contribution is -2.45. The van der Waals surface area contributed by atoms with E-state index in [4.69, 9.17) is 0 Å². The first kappa shape index (κ1) is 34.7. The van der Waals surface area contributed by atoms with E-state index < -0.39 is 0 Å². The molecule has 4 N–H and O–H groups in total. The highest BCUT2D eigenvalue weighted by Gasteiger charge is 2.20. The fraction of sp³-hybridized carbons (Fsp3) is 0.710. The largest absolute Gasteiger partial charge is 0.314 e. The average Bonchev–Trinajstić information content (AvgIpc) is 3.53. The van der Waals surface area contributed by atoms with E-state index in [2.05, 4.69) is 104 Å². The lowest BCUT2D eigenvalue weighted by Gasteiger charge is -2.31. The summed E-state index contributed by atoms with van der Waals surface area (Å²) in [6, 6.07) is 12.6. The van der Waals surface area contributed by atoms with Gasteiger partial charge < -0.3 is 21.3 Å². The normalized spacial score (nSPS) is 14.8. The van der Waals surface area contributed by atoms with Crippen LogP contribution in [-0.2, 0) is 13.1 Å². The average molecular weight is 547 g/mol. The smallest absolute Gasteiger partial charge is 0.0541 e. The van der Waals surface area contributed by atoms with E-state index in [1.54, 1.807) is 11.3 Å². The Morgan fingerprint density at radius 1 is 0.789 bits per heavy atom. The molecule has 1 saturated heterocycles. The fourth-order valence-electron chi connectivity index (χ4n) is 3.11. The monoisotopic (exact) mass is 546 g/mol. The van der Waals surface area contributed by atoms with Crippen LogP contribution in [0.4, 0.5) is 0 Å². The standard InChI is InChI=1S/C9H14N2.C8H13NS.C7H16N2.C7H15N/c1-8(2)11-7-9-5-3-4-6-10-9;1-7(2)9-6-8-4-3-5-10-8;1-7(2)8-6-9-4-3-5-9;1-6(2)8-5-7-3-4-7/h3-6,8,11H,7H2,1-2H3;3-5,7,9H,6H2,1-2H3;7-8H,3-6H2,1-2H3;6-8H,3-5H2,1-2H3. The van der Waals surface area contributed by atoms with Crippen LogP contribution >= 0.6 is 11.3 Å². The molecule has 0 unspecified atom stereocenters. The van der Waals surface area contributed by atoms with Gasteiger partial charge in [0.05, 0.1) is 5.69 Å². The van der Waals surface area contributed by atoms with Crippen LogP contribution < -0.4 is 21.3 Å². The van der Waals surface area contributed by atoms with Crippen molar-refractivity contribution in [1.82, 2.24) is 31.2 Å². The Labute approximate surface area is 238 Å². The number of nitrogens with one attached hydrogen (secondary N) is 4. The molecular weight excluding hydrogens is 488 g/mol. The molecule has 2 fully saturated rings. The van der Waals surface area contributed by atoms with E-state index in [0.717, 1.165) is 31.4 Å². The molecule has 38 heavy (non-hydrogen) atoms. The topological polar surface area (TPSA) is 64.2 Å². The summed E-state index contributed by atoms with van der Waals surface area (Å²) in [5, 5.41) is 15.5. The summed E-state index contributed by atoms with van der Waals surface area (Å²) < 4.78 is 0. The van der Waals surface area contributed by atoms with Gasteiger partial charge in [-0.1, -0.05) is 53.7 Å². The number of hydrogen-bond acceptors (Lipinski definition) is 7. The van der Waals surface area contributed by atoms with Crippen LogP contribution in [0.3, 0.4) is 0 Å². The lowest BCUT2D eigenvalue weighted by molar-refractivity contribution is 0.162. The van der Waals surface area contributed by atoms with Crippen molar-refractivity contribution in [3.8, 4) is 0 Å². The molecule has 0 aromatic carbocycles. The Morgan fingerprint density at radius 2 is 1.42 bits per heavy atom. The van der Waals surface area contributed by atoms with Gasteiger partial charge in [0.25, 0.3) is 0 Å². The molecular formula is C31H58N6S. The number of hydrogen-bond donors (Lipinski definition) is 4. The van der Waals surface area contributed by atoms with Crippen LogP contribution in [-0.4, -0.2) is 60.4 Å². The van der Waals surface area contributed by atoms with Crippen LogP contribution in [0.2, 0.25) is 0 Å². The van der Waals surface area contributed by atoms with Gasteiger partial charge in [0.2, 0.25) is 0 Å². The van der Waals surface area contributed by atoms with Crippen LogP contribution in [0.5, 0.6) is 0 Å². The number of pyridine rings is 1. The molecule has 1 aliphatic heterocycles. The van der Waals surface area contributed by atoms with Crippen molar-refractivity contribution in [2.24, 2.45) is 5.92 Å².